The predicted octanol–water partition coefficient (Wildman–Crippen LogP) is 0.296. The second kappa shape index (κ2) is 5.20. The fraction of sp³-hybridized carbons (Fsp3) is 0.583. The molecule has 1 heterocycles. The van der Waals surface area contributed by atoms with Gasteiger partial charge in [-0.2, -0.15) is 5.10 Å². The summed E-state index contributed by atoms with van der Waals surface area (Å²) >= 11 is 0. The van der Waals surface area contributed by atoms with E-state index >= 15 is 0 Å². The Hall–Kier alpha value is -1.85. The van der Waals surface area contributed by atoms with Crippen molar-refractivity contribution >= 4 is 11.6 Å². The van der Waals surface area contributed by atoms with Crippen LogP contribution in [0.5, 0.6) is 0 Å². The second-order valence-electron chi connectivity index (χ2n) is 4.51. The summed E-state index contributed by atoms with van der Waals surface area (Å²) in [5.74, 6) is -0.0664. The van der Waals surface area contributed by atoms with Crippen LogP contribution in [0.4, 0.5) is 5.69 Å². The largest absolute Gasteiger partial charge is 0.384 e. The summed E-state index contributed by atoms with van der Waals surface area (Å²) in [5.41, 5.74) is 0.424. The van der Waals surface area contributed by atoms with Crippen LogP contribution in [0.25, 0.3) is 0 Å². The molecule has 0 saturated heterocycles. The Kier molecular flexibility index (Phi) is 3.64. The Balaban J connectivity index is 2.04. The van der Waals surface area contributed by atoms with Crippen LogP contribution in [-0.2, 0) is 11.3 Å². The van der Waals surface area contributed by atoms with Gasteiger partial charge in [-0.1, -0.05) is 0 Å². The van der Waals surface area contributed by atoms with E-state index in [1.807, 2.05) is 6.92 Å². The molecule has 1 saturated carbocycles. The van der Waals surface area contributed by atoms with Gasteiger partial charge in [-0.25, -0.2) is 4.68 Å². The molecule has 6 heteroatoms. The van der Waals surface area contributed by atoms with Crippen LogP contribution in [0, 0.1) is 0 Å². The highest BCUT2D eigenvalue weighted by Gasteiger charge is 2.29. The fourth-order valence-corrected chi connectivity index (χ4v) is 1.76. The Morgan fingerprint density at radius 1 is 1.61 bits per heavy atom. The number of rotatable bonds is 5. The van der Waals surface area contributed by atoms with Crippen molar-refractivity contribution in [2.24, 2.45) is 0 Å². The highest BCUT2D eigenvalue weighted by atomic mass is 16.2. The number of hydrogen-bond acceptors (Lipinski definition) is 4. The van der Waals surface area contributed by atoms with E-state index in [0.717, 1.165) is 19.4 Å². The van der Waals surface area contributed by atoms with Crippen molar-refractivity contribution in [1.29, 1.82) is 0 Å². The van der Waals surface area contributed by atoms with E-state index in [0.29, 0.717) is 11.7 Å². The maximum absolute atomic E-state index is 11.9. The lowest BCUT2D eigenvalue weighted by molar-refractivity contribution is -0.131. The Labute approximate surface area is 106 Å². The minimum absolute atomic E-state index is 0.0121. The number of carbonyl (C=O) groups excluding carboxylic acids is 1. The third-order valence-electron chi connectivity index (χ3n) is 3.02. The molecule has 1 aliphatic carbocycles. The third-order valence-corrected chi connectivity index (χ3v) is 3.02. The molecule has 0 bridgehead atoms. The third kappa shape index (κ3) is 2.88. The lowest BCUT2D eigenvalue weighted by Gasteiger charge is -2.16. The van der Waals surface area contributed by atoms with Crippen molar-refractivity contribution in [3.8, 4) is 0 Å². The van der Waals surface area contributed by atoms with Crippen molar-refractivity contribution in [1.82, 2.24) is 14.7 Å². The molecule has 0 aromatic carbocycles. The van der Waals surface area contributed by atoms with Gasteiger partial charge >= 0.3 is 0 Å². The minimum Gasteiger partial charge on any atom is -0.384 e. The van der Waals surface area contributed by atoms with Gasteiger partial charge < -0.3 is 10.2 Å². The molecule has 0 spiro atoms. The molecule has 0 radical (unpaired) electrons. The zero-order valence-corrected chi connectivity index (χ0v) is 10.7. The van der Waals surface area contributed by atoms with Crippen molar-refractivity contribution in [2.45, 2.75) is 32.4 Å². The number of carbonyl (C=O) groups is 1. The van der Waals surface area contributed by atoms with E-state index < -0.39 is 0 Å². The molecule has 0 unspecified atom stereocenters. The summed E-state index contributed by atoms with van der Waals surface area (Å²) in [4.78, 5) is 25.3. The standard InChI is InChI=1S/C12H18N4O2/c1-3-13-9-6-11(17)16(14-7-9)8-12(18)15(2)10-4-5-10/h6-7,10,13H,3-5,8H2,1-2H3. The Bertz CT molecular complexity index is 493. The van der Waals surface area contributed by atoms with Crippen LogP contribution in [0.2, 0.25) is 0 Å². The van der Waals surface area contributed by atoms with Crippen molar-refractivity contribution in [3.05, 3.63) is 22.6 Å². The molecule has 1 aromatic heterocycles. The minimum atomic E-state index is -0.258. The molecule has 18 heavy (non-hydrogen) atoms. The van der Waals surface area contributed by atoms with E-state index in [2.05, 4.69) is 10.4 Å². The number of nitrogens with one attached hydrogen (secondary N) is 1. The van der Waals surface area contributed by atoms with Gasteiger partial charge in [-0.15, -0.1) is 0 Å². The van der Waals surface area contributed by atoms with E-state index in [1.165, 1.54) is 10.7 Å². The first-order valence-corrected chi connectivity index (χ1v) is 6.18. The molecule has 1 fully saturated rings. The van der Waals surface area contributed by atoms with Crippen molar-refractivity contribution in [3.63, 3.8) is 0 Å². The van der Waals surface area contributed by atoms with E-state index in [1.54, 1.807) is 18.1 Å². The SMILES string of the molecule is CCNc1cnn(CC(=O)N(C)C2CC2)c(=O)c1. The summed E-state index contributed by atoms with van der Waals surface area (Å²) < 4.78 is 1.20. The van der Waals surface area contributed by atoms with Crippen molar-refractivity contribution < 1.29 is 4.79 Å². The van der Waals surface area contributed by atoms with Crippen LogP contribution in [0.15, 0.2) is 17.1 Å². The normalized spacial score (nSPS) is 14.3. The quantitative estimate of drug-likeness (QED) is 0.816. The maximum Gasteiger partial charge on any atom is 0.269 e. The van der Waals surface area contributed by atoms with Crippen LogP contribution in [-0.4, -0.2) is 40.2 Å². The van der Waals surface area contributed by atoms with E-state index in [9.17, 15) is 9.59 Å². The number of anilines is 1. The first-order valence-electron chi connectivity index (χ1n) is 6.18. The topological polar surface area (TPSA) is 67.2 Å². The number of likely N-dealkylation sites (N-methyl/N-ethyl adjacent to an activating group) is 1. The number of aromatic nitrogens is 2. The average molecular weight is 250 g/mol. The lowest BCUT2D eigenvalue weighted by Crippen LogP contribution is -2.36. The van der Waals surface area contributed by atoms with Crippen LogP contribution in [0.3, 0.4) is 0 Å². The molecule has 2 rings (SSSR count). The van der Waals surface area contributed by atoms with Crippen molar-refractivity contribution in [2.75, 3.05) is 18.9 Å². The first kappa shape index (κ1) is 12.6. The summed E-state index contributed by atoms with van der Waals surface area (Å²) in [5, 5.41) is 7.00. The monoisotopic (exact) mass is 250 g/mol. The first-order chi connectivity index (χ1) is 8.61. The molecule has 1 N–H and O–H groups in total. The zero-order valence-electron chi connectivity index (χ0n) is 10.7. The van der Waals surface area contributed by atoms with E-state index in [4.69, 9.17) is 0 Å². The highest BCUT2D eigenvalue weighted by molar-refractivity contribution is 5.76. The maximum atomic E-state index is 11.9. The average Bonchev–Trinajstić information content (AvgIpc) is 3.16. The van der Waals surface area contributed by atoms with Gasteiger partial charge in [0.1, 0.15) is 6.54 Å². The van der Waals surface area contributed by atoms with Crippen LogP contribution >= 0.6 is 0 Å². The molecule has 1 aliphatic rings. The molecule has 0 atom stereocenters. The van der Waals surface area contributed by atoms with E-state index in [-0.39, 0.29) is 18.0 Å². The predicted molar refractivity (Wildman–Crippen MR) is 68.5 cm³/mol. The van der Waals surface area contributed by atoms with Gasteiger partial charge in [0.15, 0.2) is 0 Å². The number of hydrogen-bond donors (Lipinski definition) is 1. The van der Waals surface area contributed by atoms with Gasteiger partial charge in [-0.3, -0.25) is 9.59 Å². The highest BCUT2D eigenvalue weighted by Crippen LogP contribution is 2.25. The summed E-state index contributed by atoms with van der Waals surface area (Å²) in [6.07, 6.45) is 3.68. The van der Waals surface area contributed by atoms with Gasteiger partial charge in [0.05, 0.1) is 11.9 Å². The Morgan fingerprint density at radius 3 is 2.89 bits per heavy atom. The zero-order chi connectivity index (χ0) is 13.1. The van der Waals surface area contributed by atoms with Gasteiger partial charge in [-0.05, 0) is 19.8 Å². The number of amides is 1. The molecule has 1 aromatic rings. The smallest absolute Gasteiger partial charge is 0.269 e. The molecule has 0 aliphatic heterocycles. The van der Waals surface area contributed by atoms with Crippen LogP contribution < -0.4 is 10.9 Å². The van der Waals surface area contributed by atoms with Gasteiger partial charge in [0.2, 0.25) is 5.91 Å². The molecule has 98 valence electrons. The fourth-order valence-electron chi connectivity index (χ4n) is 1.76. The van der Waals surface area contributed by atoms with Gasteiger partial charge in [0, 0.05) is 25.7 Å². The molecule has 6 nitrogen and oxygen atoms in total. The Morgan fingerprint density at radius 2 is 2.33 bits per heavy atom. The van der Waals surface area contributed by atoms with Crippen LogP contribution in [0.1, 0.15) is 19.8 Å². The summed E-state index contributed by atoms with van der Waals surface area (Å²) in [7, 11) is 1.78. The molecular formula is C12H18N4O2. The van der Waals surface area contributed by atoms with Gasteiger partial charge in [0.25, 0.3) is 5.56 Å². The number of nitrogens with zero attached hydrogens (tertiary/aromatic N) is 3. The molecule has 1 amide bonds. The summed E-state index contributed by atoms with van der Waals surface area (Å²) in [6, 6.07) is 1.82. The summed E-state index contributed by atoms with van der Waals surface area (Å²) in [6.45, 7) is 2.69. The second-order valence-corrected chi connectivity index (χ2v) is 4.51. The molecular weight excluding hydrogens is 232 g/mol. The lowest BCUT2D eigenvalue weighted by atomic mass is 10.4.